The Hall–Kier alpha value is -1.77. The largest absolute Gasteiger partial charge is 0.487 e. The molecule has 3 nitrogen and oxygen atoms in total. The zero-order valence-electron chi connectivity index (χ0n) is 9.60. The Bertz CT molecular complexity index is 355. The van der Waals surface area contributed by atoms with E-state index in [4.69, 9.17) is 9.47 Å². The predicted molar refractivity (Wildman–Crippen MR) is 62.7 cm³/mol. The average Bonchev–Trinajstić information content (AvgIpc) is 2.30. The molecule has 0 aliphatic heterocycles. The molecule has 0 atom stereocenters. The summed E-state index contributed by atoms with van der Waals surface area (Å²) in [5, 5.41) is 0. The summed E-state index contributed by atoms with van der Waals surface area (Å²) in [5.41, 5.74) is 0.916. The smallest absolute Gasteiger partial charge is 0.373 e. The summed E-state index contributed by atoms with van der Waals surface area (Å²) in [4.78, 5) is 11.5. The normalized spacial score (nSPS) is 11.0. The lowest BCUT2D eigenvalue weighted by molar-refractivity contribution is -0.142. The van der Waals surface area contributed by atoms with Gasteiger partial charge in [0.25, 0.3) is 0 Å². The van der Waals surface area contributed by atoms with Crippen molar-refractivity contribution >= 4 is 12.0 Å². The van der Waals surface area contributed by atoms with Crippen LogP contribution in [0.25, 0.3) is 6.08 Å². The molecule has 0 heterocycles. The number of hydrogen-bond acceptors (Lipinski definition) is 3. The van der Waals surface area contributed by atoms with Gasteiger partial charge in [-0.2, -0.15) is 0 Å². The van der Waals surface area contributed by atoms with Crippen molar-refractivity contribution in [3.05, 3.63) is 41.7 Å². The highest BCUT2D eigenvalue weighted by molar-refractivity contribution is 5.91. The fraction of sp³-hybridized carbons (Fsp3) is 0.308. The Morgan fingerprint density at radius 3 is 2.31 bits per heavy atom. The molecule has 0 radical (unpaired) electrons. The predicted octanol–water partition coefficient (Wildman–Crippen LogP) is 2.63. The lowest BCUT2D eigenvalue weighted by Gasteiger charge is -2.07. The molecule has 0 saturated heterocycles. The van der Waals surface area contributed by atoms with Gasteiger partial charge in [-0.3, -0.25) is 0 Å². The summed E-state index contributed by atoms with van der Waals surface area (Å²) in [5.74, 6) is -0.177. The average molecular weight is 220 g/mol. The van der Waals surface area contributed by atoms with Gasteiger partial charge in [-0.25, -0.2) is 4.79 Å². The second-order valence-electron chi connectivity index (χ2n) is 3.07. The molecule has 1 aromatic rings. The van der Waals surface area contributed by atoms with Crippen molar-refractivity contribution in [3.8, 4) is 0 Å². The van der Waals surface area contributed by atoms with Gasteiger partial charge >= 0.3 is 5.97 Å². The zero-order valence-corrected chi connectivity index (χ0v) is 9.60. The molecule has 0 spiro atoms. The van der Waals surface area contributed by atoms with Crippen molar-refractivity contribution in [3.63, 3.8) is 0 Å². The van der Waals surface area contributed by atoms with E-state index < -0.39 is 5.97 Å². The van der Waals surface area contributed by atoms with Crippen LogP contribution in [0.2, 0.25) is 0 Å². The number of carbonyl (C=O) groups excluding carboxylic acids is 1. The van der Waals surface area contributed by atoms with Crippen molar-refractivity contribution < 1.29 is 14.3 Å². The zero-order chi connectivity index (χ0) is 11.8. The fourth-order valence-electron chi connectivity index (χ4n) is 1.22. The van der Waals surface area contributed by atoms with Crippen molar-refractivity contribution in [1.29, 1.82) is 0 Å². The summed E-state index contributed by atoms with van der Waals surface area (Å²) in [6, 6.07) is 9.53. The van der Waals surface area contributed by atoms with Crippen molar-refractivity contribution in [2.75, 3.05) is 13.2 Å². The standard InChI is InChI=1S/C13H16O3/c1-3-15-12(13(14)16-4-2)10-11-8-6-5-7-9-11/h5-10H,3-4H2,1-2H3/b12-10+. The number of carbonyl (C=O) groups is 1. The van der Waals surface area contributed by atoms with E-state index in [0.29, 0.717) is 13.2 Å². The number of ether oxygens (including phenoxy) is 2. The first-order valence-electron chi connectivity index (χ1n) is 5.34. The van der Waals surface area contributed by atoms with E-state index in [1.165, 1.54) is 0 Å². The van der Waals surface area contributed by atoms with Crippen LogP contribution in [0.15, 0.2) is 36.1 Å². The van der Waals surface area contributed by atoms with E-state index in [-0.39, 0.29) is 5.76 Å². The van der Waals surface area contributed by atoms with Crippen LogP contribution < -0.4 is 0 Å². The molecule has 0 saturated carbocycles. The van der Waals surface area contributed by atoms with Crippen LogP contribution in [0, 0.1) is 0 Å². The van der Waals surface area contributed by atoms with Gasteiger partial charge in [0, 0.05) is 0 Å². The van der Waals surface area contributed by atoms with Gasteiger partial charge in [0.1, 0.15) is 0 Å². The molecular formula is C13H16O3. The molecule has 3 heteroatoms. The molecule has 1 rings (SSSR count). The molecule has 0 aliphatic rings. The highest BCUT2D eigenvalue weighted by Gasteiger charge is 2.11. The summed E-state index contributed by atoms with van der Waals surface area (Å²) >= 11 is 0. The van der Waals surface area contributed by atoms with Crippen molar-refractivity contribution in [2.24, 2.45) is 0 Å². The van der Waals surface area contributed by atoms with Gasteiger partial charge in [-0.15, -0.1) is 0 Å². The first-order chi connectivity index (χ1) is 7.77. The molecule has 16 heavy (non-hydrogen) atoms. The van der Waals surface area contributed by atoms with Crippen molar-refractivity contribution in [2.45, 2.75) is 13.8 Å². The lowest BCUT2D eigenvalue weighted by atomic mass is 10.2. The van der Waals surface area contributed by atoms with Gasteiger partial charge in [-0.1, -0.05) is 30.3 Å². The van der Waals surface area contributed by atoms with Crippen LogP contribution in [0.3, 0.4) is 0 Å². The number of esters is 1. The Kier molecular flexibility index (Phi) is 5.12. The van der Waals surface area contributed by atoms with E-state index in [1.54, 1.807) is 13.0 Å². The van der Waals surface area contributed by atoms with Crippen LogP contribution in [0.5, 0.6) is 0 Å². The van der Waals surface area contributed by atoms with Gasteiger partial charge in [-0.05, 0) is 25.5 Å². The molecule has 0 amide bonds. The third kappa shape index (κ3) is 3.77. The Labute approximate surface area is 95.7 Å². The molecule has 0 fully saturated rings. The number of hydrogen-bond donors (Lipinski definition) is 0. The Morgan fingerprint density at radius 1 is 1.12 bits per heavy atom. The van der Waals surface area contributed by atoms with Crippen LogP contribution in [-0.4, -0.2) is 19.2 Å². The summed E-state index contributed by atoms with van der Waals surface area (Å²) in [6.45, 7) is 4.39. The Morgan fingerprint density at radius 2 is 1.75 bits per heavy atom. The fourth-order valence-corrected chi connectivity index (χ4v) is 1.22. The molecule has 0 aliphatic carbocycles. The van der Waals surface area contributed by atoms with E-state index in [1.807, 2.05) is 37.3 Å². The minimum Gasteiger partial charge on any atom is -0.487 e. The second kappa shape index (κ2) is 6.67. The van der Waals surface area contributed by atoms with E-state index in [0.717, 1.165) is 5.56 Å². The molecule has 0 bridgehead atoms. The van der Waals surface area contributed by atoms with Crippen LogP contribution >= 0.6 is 0 Å². The highest BCUT2D eigenvalue weighted by atomic mass is 16.6. The first kappa shape index (κ1) is 12.3. The van der Waals surface area contributed by atoms with Crippen molar-refractivity contribution in [1.82, 2.24) is 0 Å². The molecular weight excluding hydrogens is 204 g/mol. The Balaban J connectivity index is 2.84. The van der Waals surface area contributed by atoms with Gasteiger partial charge in [0.2, 0.25) is 5.76 Å². The maximum Gasteiger partial charge on any atom is 0.373 e. The highest BCUT2D eigenvalue weighted by Crippen LogP contribution is 2.09. The summed E-state index contributed by atoms with van der Waals surface area (Å²) < 4.78 is 10.1. The maximum atomic E-state index is 11.5. The quantitative estimate of drug-likeness (QED) is 0.434. The molecule has 0 aromatic heterocycles. The topological polar surface area (TPSA) is 35.5 Å². The number of benzene rings is 1. The second-order valence-corrected chi connectivity index (χ2v) is 3.07. The maximum absolute atomic E-state index is 11.5. The van der Waals surface area contributed by atoms with E-state index >= 15 is 0 Å². The molecule has 0 N–H and O–H groups in total. The third-order valence-electron chi connectivity index (χ3n) is 1.87. The van der Waals surface area contributed by atoms with Gasteiger partial charge in [0.15, 0.2) is 0 Å². The van der Waals surface area contributed by atoms with Gasteiger partial charge < -0.3 is 9.47 Å². The van der Waals surface area contributed by atoms with Crippen LogP contribution in [0.4, 0.5) is 0 Å². The van der Waals surface area contributed by atoms with Crippen LogP contribution in [-0.2, 0) is 14.3 Å². The summed E-state index contributed by atoms with van der Waals surface area (Å²) in [6.07, 6.45) is 1.68. The molecule has 86 valence electrons. The molecule has 0 unspecified atom stereocenters. The van der Waals surface area contributed by atoms with E-state index in [2.05, 4.69) is 0 Å². The first-order valence-corrected chi connectivity index (χ1v) is 5.34. The van der Waals surface area contributed by atoms with Crippen LogP contribution in [0.1, 0.15) is 19.4 Å². The minimum absolute atomic E-state index is 0.246. The third-order valence-corrected chi connectivity index (χ3v) is 1.87. The monoisotopic (exact) mass is 220 g/mol. The molecule has 1 aromatic carbocycles. The SMILES string of the molecule is CCOC(=O)/C(=C\c1ccccc1)OCC. The summed E-state index contributed by atoms with van der Waals surface area (Å²) in [7, 11) is 0. The lowest BCUT2D eigenvalue weighted by Crippen LogP contribution is -2.10. The van der Waals surface area contributed by atoms with Gasteiger partial charge in [0.05, 0.1) is 13.2 Å². The van der Waals surface area contributed by atoms with E-state index in [9.17, 15) is 4.79 Å². The number of rotatable bonds is 5. The minimum atomic E-state index is -0.423.